The third-order valence-corrected chi connectivity index (χ3v) is 3.18. The van der Waals surface area contributed by atoms with Gasteiger partial charge in [0, 0.05) is 17.5 Å². The molecule has 0 fully saturated rings. The standard InChI is InChI=1S/C12H17NO4S/c1-3-4-8(2)13-11(14)6-17-9-5-10(12(15)16)18-7-9/h5,7-8H,3-4,6H2,1-2H3,(H,13,14)(H,15,16). The van der Waals surface area contributed by atoms with Crippen LogP contribution in [0.4, 0.5) is 0 Å². The molecule has 1 atom stereocenters. The summed E-state index contributed by atoms with van der Waals surface area (Å²) in [6.45, 7) is 3.90. The molecule has 1 aromatic rings. The van der Waals surface area contributed by atoms with Gasteiger partial charge in [0.05, 0.1) is 0 Å². The molecule has 0 aliphatic carbocycles. The highest BCUT2D eigenvalue weighted by Gasteiger charge is 2.10. The number of rotatable bonds is 7. The van der Waals surface area contributed by atoms with Crippen LogP contribution in [0.1, 0.15) is 36.4 Å². The Morgan fingerprint density at radius 3 is 2.83 bits per heavy atom. The van der Waals surface area contributed by atoms with E-state index in [2.05, 4.69) is 12.2 Å². The second kappa shape index (κ2) is 7.00. The van der Waals surface area contributed by atoms with E-state index in [4.69, 9.17) is 9.84 Å². The van der Waals surface area contributed by atoms with Crippen molar-refractivity contribution < 1.29 is 19.4 Å². The molecule has 0 aromatic carbocycles. The van der Waals surface area contributed by atoms with Crippen molar-refractivity contribution in [3.63, 3.8) is 0 Å². The van der Waals surface area contributed by atoms with Crippen molar-refractivity contribution in [2.75, 3.05) is 6.61 Å². The molecular weight excluding hydrogens is 254 g/mol. The summed E-state index contributed by atoms with van der Waals surface area (Å²) >= 11 is 1.08. The molecule has 100 valence electrons. The maximum Gasteiger partial charge on any atom is 0.346 e. The van der Waals surface area contributed by atoms with E-state index in [0.29, 0.717) is 5.75 Å². The Morgan fingerprint density at radius 1 is 1.56 bits per heavy atom. The Morgan fingerprint density at radius 2 is 2.28 bits per heavy atom. The van der Waals surface area contributed by atoms with Gasteiger partial charge >= 0.3 is 5.97 Å². The molecule has 1 heterocycles. The van der Waals surface area contributed by atoms with Crippen LogP contribution in [0.3, 0.4) is 0 Å². The summed E-state index contributed by atoms with van der Waals surface area (Å²) in [6.07, 6.45) is 1.93. The average molecular weight is 271 g/mol. The molecule has 5 nitrogen and oxygen atoms in total. The summed E-state index contributed by atoms with van der Waals surface area (Å²) in [7, 11) is 0. The van der Waals surface area contributed by atoms with E-state index < -0.39 is 5.97 Å². The van der Waals surface area contributed by atoms with Gasteiger partial charge in [0.25, 0.3) is 5.91 Å². The first-order chi connectivity index (χ1) is 8.52. The predicted molar refractivity (Wildman–Crippen MR) is 69.3 cm³/mol. The number of carboxylic acid groups (broad SMARTS) is 1. The molecule has 1 rings (SSSR count). The minimum Gasteiger partial charge on any atom is -0.483 e. The van der Waals surface area contributed by atoms with Crippen molar-refractivity contribution in [1.82, 2.24) is 5.32 Å². The van der Waals surface area contributed by atoms with Crippen molar-refractivity contribution in [2.45, 2.75) is 32.7 Å². The molecule has 1 unspecified atom stereocenters. The van der Waals surface area contributed by atoms with Crippen LogP contribution in [-0.4, -0.2) is 29.6 Å². The lowest BCUT2D eigenvalue weighted by Crippen LogP contribution is -2.35. The molecule has 0 radical (unpaired) electrons. The molecular formula is C12H17NO4S. The zero-order valence-electron chi connectivity index (χ0n) is 10.4. The van der Waals surface area contributed by atoms with Crippen molar-refractivity contribution in [2.24, 2.45) is 0 Å². The topological polar surface area (TPSA) is 75.6 Å². The van der Waals surface area contributed by atoms with E-state index in [9.17, 15) is 9.59 Å². The quantitative estimate of drug-likeness (QED) is 0.796. The van der Waals surface area contributed by atoms with Gasteiger partial charge in [0.15, 0.2) is 6.61 Å². The lowest BCUT2D eigenvalue weighted by molar-refractivity contribution is -0.123. The second-order valence-corrected chi connectivity index (χ2v) is 4.91. The van der Waals surface area contributed by atoms with Gasteiger partial charge in [-0.2, -0.15) is 0 Å². The van der Waals surface area contributed by atoms with Gasteiger partial charge in [-0.15, -0.1) is 11.3 Å². The largest absolute Gasteiger partial charge is 0.483 e. The van der Waals surface area contributed by atoms with E-state index in [1.54, 1.807) is 5.38 Å². The maximum atomic E-state index is 11.5. The van der Waals surface area contributed by atoms with Gasteiger partial charge in [-0.05, 0) is 13.3 Å². The molecule has 0 spiro atoms. The van der Waals surface area contributed by atoms with Crippen LogP contribution in [0.2, 0.25) is 0 Å². The third kappa shape index (κ3) is 4.75. The van der Waals surface area contributed by atoms with Gasteiger partial charge in [0.1, 0.15) is 10.6 Å². The van der Waals surface area contributed by atoms with Crippen LogP contribution in [0.5, 0.6) is 5.75 Å². The highest BCUT2D eigenvalue weighted by Crippen LogP contribution is 2.21. The fourth-order valence-electron chi connectivity index (χ4n) is 1.48. The summed E-state index contributed by atoms with van der Waals surface area (Å²) in [6, 6.07) is 1.54. The number of aromatic carboxylic acids is 1. The molecule has 0 aliphatic rings. The number of nitrogens with one attached hydrogen (secondary N) is 1. The smallest absolute Gasteiger partial charge is 0.346 e. The molecule has 0 bridgehead atoms. The number of carbonyl (C=O) groups is 2. The van der Waals surface area contributed by atoms with Crippen LogP contribution in [0, 0.1) is 0 Å². The monoisotopic (exact) mass is 271 g/mol. The van der Waals surface area contributed by atoms with Gasteiger partial charge in [-0.3, -0.25) is 4.79 Å². The molecule has 18 heavy (non-hydrogen) atoms. The van der Waals surface area contributed by atoms with Crippen molar-refractivity contribution >= 4 is 23.2 Å². The minimum absolute atomic E-state index is 0.0934. The summed E-state index contributed by atoms with van der Waals surface area (Å²) in [5, 5.41) is 13.1. The minimum atomic E-state index is -0.990. The number of ether oxygens (including phenoxy) is 1. The van der Waals surface area contributed by atoms with Crippen molar-refractivity contribution in [3.05, 3.63) is 16.3 Å². The molecule has 0 aliphatic heterocycles. The van der Waals surface area contributed by atoms with Gasteiger partial charge < -0.3 is 15.2 Å². The molecule has 1 aromatic heterocycles. The number of hydrogen-bond donors (Lipinski definition) is 2. The number of carbonyl (C=O) groups excluding carboxylic acids is 1. The predicted octanol–water partition coefficient (Wildman–Crippen LogP) is 2.13. The zero-order chi connectivity index (χ0) is 13.5. The Hall–Kier alpha value is -1.56. The van der Waals surface area contributed by atoms with Crippen LogP contribution < -0.4 is 10.1 Å². The summed E-state index contributed by atoms with van der Waals surface area (Å²) < 4.78 is 5.21. The summed E-state index contributed by atoms with van der Waals surface area (Å²) in [5.41, 5.74) is 0. The molecule has 0 saturated heterocycles. The second-order valence-electron chi connectivity index (χ2n) is 4.00. The number of hydrogen-bond acceptors (Lipinski definition) is 4. The number of amides is 1. The number of thiophene rings is 1. The SMILES string of the molecule is CCCC(C)NC(=O)COc1csc(C(=O)O)c1. The Labute approximate surface area is 110 Å². The zero-order valence-corrected chi connectivity index (χ0v) is 11.3. The average Bonchev–Trinajstić information content (AvgIpc) is 2.75. The van der Waals surface area contributed by atoms with Crippen LogP contribution in [0.15, 0.2) is 11.4 Å². The highest BCUT2D eigenvalue weighted by atomic mass is 32.1. The van der Waals surface area contributed by atoms with E-state index >= 15 is 0 Å². The Bertz CT molecular complexity index is 416. The molecule has 2 N–H and O–H groups in total. The van der Waals surface area contributed by atoms with E-state index in [1.807, 2.05) is 6.92 Å². The molecule has 1 amide bonds. The number of carboxylic acids is 1. The molecule has 6 heteroatoms. The van der Waals surface area contributed by atoms with E-state index in [-0.39, 0.29) is 23.4 Å². The summed E-state index contributed by atoms with van der Waals surface area (Å²) in [5.74, 6) is -0.773. The van der Waals surface area contributed by atoms with Crippen LogP contribution in [0.25, 0.3) is 0 Å². The van der Waals surface area contributed by atoms with Gasteiger partial charge in [-0.25, -0.2) is 4.79 Å². The lowest BCUT2D eigenvalue weighted by Gasteiger charge is -2.12. The van der Waals surface area contributed by atoms with E-state index in [0.717, 1.165) is 24.2 Å². The lowest BCUT2D eigenvalue weighted by atomic mass is 10.2. The highest BCUT2D eigenvalue weighted by molar-refractivity contribution is 7.12. The van der Waals surface area contributed by atoms with Crippen LogP contribution in [-0.2, 0) is 4.79 Å². The molecule has 0 saturated carbocycles. The first-order valence-electron chi connectivity index (χ1n) is 5.77. The van der Waals surface area contributed by atoms with Crippen LogP contribution >= 0.6 is 11.3 Å². The summed E-state index contributed by atoms with van der Waals surface area (Å²) in [4.78, 5) is 22.3. The first-order valence-corrected chi connectivity index (χ1v) is 6.65. The van der Waals surface area contributed by atoms with Crippen molar-refractivity contribution in [3.8, 4) is 5.75 Å². The Kier molecular flexibility index (Phi) is 5.64. The van der Waals surface area contributed by atoms with Crippen molar-refractivity contribution in [1.29, 1.82) is 0 Å². The third-order valence-electron chi connectivity index (χ3n) is 2.29. The fraction of sp³-hybridized carbons (Fsp3) is 0.500. The maximum absolute atomic E-state index is 11.5. The van der Waals surface area contributed by atoms with E-state index in [1.165, 1.54) is 6.07 Å². The first kappa shape index (κ1) is 14.5. The van der Waals surface area contributed by atoms with Gasteiger partial charge in [-0.1, -0.05) is 13.3 Å². The van der Waals surface area contributed by atoms with Gasteiger partial charge in [0.2, 0.25) is 0 Å². The normalized spacial score (nSPS) is 11.9. The Balaban J connectivity index is 2.35. The fourth-order valence-corrected chi connectivity index (χ4v) is 2.14.